The second-order valence-electron chi connectivity index (χ2n) is 6.65. The summed E-state index contributed by atoms with van der Waals surface area (Å²) >= 11 is 0. The number of rotatable bonds is 7. The second-order valence-corrected chi connectivity index (χ2v) is 6.65. The summed E-state index contributed by atoms with van der Waals surface area (Å²) in [5, 5.41) is 4.02. The third-order valence-electron chi connectivity index (χ3n) is 4.36. The van der Waals surface area contributed by atoms with E-state index in [0.29, 0.717) is 17.8 Å². The highest BCUT2D eigenvalue weighted by molar-refractivity contribution is 5.85. The topological polar surface area (TPSA) is 82.0 Å². The molecule has 2 aromatic heterocycles. The van der Waals surface area contributed by atoms with Gasteiger partial charge in [-0.05, 0) is 41.5 Å². The molecule has 0 fully saturated rings. The van der Waals surface area contributed by atoms with Crippen molar-refractivity contribution in [2.24, 2.45) is 5.73 Å². The zero-order valence-corrected chi connectivity index (χ0v) is 17.6. The molecule has 0 aliphatic rings. The molecule has 0 radical (unpaired) electrons. The Balaban J connectivity index is 0.00000320. The number of hydrogen-bond acceptors (Lipinski definition) is 5. The molecular formula is C21H24ClFN6O. The van der Waals surface area contributed by atoms with Gasteiger partial charge in [0.2, 0.25) is 0 Å². The van der Waals surface area contributed by atoms with Gasteiger partial charge in [-0.25, -0.2) is 23.4 Å². The lowest BCUT2D eigenvalue weighted by atomic mass is 10.1. The fourth-order valence-corrected chi connectivity index (χ4v) is 2.67. The predicted octanol–water partition coefficient (Wildman–Crippen LogP) is 2.90. The number of nitrogens with two attached hydrogens (primary N) is 1. The summed E-state index contributed by atoms with van der Waals surface area (Å²) in [6.45, 7) is 0.0191. The summed E-state index contributed by atoms with van der Waals surface area (Å²) < 4.78 is 15.2. The molecular weight excluding hydrogens is 407 g/mol. The Labute approximate surface area is 180 Å². The highest BCUT2D eigenvalue weighted by Gasteiger charge is 2.09. The number of anilines is 1. The molecule has 9 heteroatoms. The monoisotopic (exact) mass is 430 g/mol. The smallest absolute Gasteiger partial charge is 0.351 e. The van der Waals surface area contributed by atoms with Crippen molar-refractivity contribution in [2.45, 2.75) is 6.54 Å². The van der Waals surface area contributed by atoms with E-state index in [-0.39, 0.29) is 31.1 Å². The van der Waals surface area contributed by atoms with E-state index in [1.165, 1.54) is 10.9 Å². The fraction of sp³-hybridized carbons (Fsp3) is 0.190. The predicted molar refractivity (Wildman–Crippen MR) is 121 cm³/mol. The highest BCUT2D eigenvalue weighted by atomic mass is 35.5. The van der Waals surface area contributed by atoms with Crippen LogP contribution in [0.25, 0.3) is 18.0 Å². The molecule has 0 saturated carbocycles. The van der Waals surface area contributed by atoms with Crippen molar-refractivity contribution in [3.05, 3.63) is 82.4 Å². The van der Waals surface area contributed by atoms with E-state index >= 15 is 0 Å². The van der Waals surface area contributed by atoms with E-state index in [1.807, 2.05) is 67.5 Å². The lowest BCUT2D eigenvalue weighted by Gasteiger charge is -2.11. The summed E-state index contributed by atoms with van der Waals surface area (Å²) in [7, 11) is 3.99. The maximum atomic E-state index is 12.7. The average molecular weight is 431 g/mol. The van der Waals surface area contributed by atoms with Crippen LogP contribution in [0.4, 0.5) is 10.1 Å². The van der Waals surface area contributed by atoms with Crippen LogP contribution in [-0.2, 0) is 6.54 Å². The molecule has 0 aliphatic heterocycles. The molecule has 0 saturated heterocycles. The molecule has 0 bridgehead atoms. The van der Waals surface area contributed by atoms with Crippen molar-refractivity contribution in [3.63, 3.8) is 0 Å². The molecule has 2 heterocycles. The summed E-state index contributed by atoms with van der Waals surface area (Å²) in [6.07, 6.45) is 5.60. The minimum absolute atomic E-state index is 0. The van der Waals surface area contributed by atoms with Gasteiger partial charge >= 0.3 is 5.69 Å². The van der Waals surface area contributed by atoms with Gasteiger partial charge in [-0.3, -0.25) is 0 Å². The maximum Gasteiger partial charge on any atom is 0.351 e. The van der Waals surface area contributed by atoms with Crippen LogP contribution in [0, 0.1) is 0 Å². The Kier molecular flexibility index (Phi) is 8.08. The lowest BCUT2D eigenvalue weighted by Crippen LogP contribution is -2.26. The van der Waals surface area contributed by atoms with Gasteiger partial charge in [0, 0.05) is 26.3 Å². The Morgan fingerprint density at radius 1 is 1.17 bits per heavy atom. The van der Waals surface area contributed by atoms with Gasteiger partial charge in [0.1, 0.15) is 12.1 Å². The first-order valence-corrected chi connectivity index (χ1v) is 9.07. The molecule has 0 aliphatic carbocycles. The minimum Gasteiger partial charge on any atom is -0.378 e. The Hall–Kier alpha value is -3.23. The van der Waals surface area contributed by atoms with E-state index in [0.717, 1.165) is 15.9 Å². The molecule has 3 aromatic rings. The van der Waals surface area contributed by atoms with Crippen LogP contribution in [0.2, 0.25) is 0 Å². The number of benzene rings is 1. The molecule has 1 aromatic carbocycles. The third kappa shape index (κ3) is 5.43. The van der Waals surface area contributed by atoms with E-state index in [2.05, 4.69) is 10.1 Å². The van der Waals surface area contributed by atoms with Crippen LogP contribution >= 0.6 is 12.4 Å². The van der Waals surface area contributed by atoms with Crippen LogP contribution in [0.5, 0.6) is 0 Å². The highest BCUT2D eigenvalue weighted by Crippen LogP contribution is 2.14. The van der Waals surface area contributed by atoms with E-state index < -0.39 is 5.69 Å². The summed E-state index contributed by atoms with van der Waals surface area (Å²) in [4.78, 5) is 19.1. The average Bonchev–Trinajstić information content (AvgIpc) is 3.11. The molecule has 0 unspecified atom stereocenters. The molecule has 2 N–H and O–H groups in total. The molecule has 7 nitrogen and oxygen atoms in total. The van der Waals surface area contributed by atoms with Gasteiger partial charge in [-0.1, -0.05) is 24.3 Å². The van der Waals surface area contributed by atoms with Crippen LogP contribution < -0.4 is 16.3 Å². The number of hydrogen-bond donors (Lipinski definition) is 1. The molecule has 30 heavy (non-hydrogen) atoms. The van der Waals surface area contributed by atoms with Gasteiger partial charge in [0.25, 0.3) is 0 Å². The number of pyridine rings is 1. The van der Waals surface area contributed by atoms with Gasteiger partial charge in [0.15, 0.2) is 0 Å². The molecule has 158 valence electrons. The molecule has 0 spiro atoms. The minimum atomic E-state index is -0.411. The summed E-state index contributed by atoms with van der Waals surface area (Å²) in [5.74, 6) is 0.435. The number of aromatic nitrogens is 4. The Morgan fingerprint density at radius 2 is 1.90 bits per heavy atom. The maximum absolute atomic E-state index is 12.7. The first-order chi connectivity index (χ1) is 14.0. The standard InChI is InChI=1S/C21H23FN6O.ClH/c1-26(2)19-10-7-16(8-11-19)6-9-18-4-3-5-20(25-18)27-15-24-28(21(27)29)14-17(12-22)13-23;/h3-12,15H,13-14,23H2,1-2H3;1H/b9-6+,17-12+;. The van der Waals surface area contributed by atoms with E-state index in [1.54, 1.807) is 6.07 Å². The quantitative estimate of drug-likeness (QED) is 0.623. The van der Waals surface area contributed by atoms with Crippen molar-refractivity contribution in [3.8, 4) is 5.82 Å². The Morgan fingerprint density at radius 3 is 2.53 bits per heavy atom. The zero-order valence-electron chi connectivity index (χ0n) is 16.8. The third-order valence-corrected chi connectivity index (χ3v) is 4.36. The van der Waals surface area contributed by atoms with Gasteiger partial charge in [-0.15, -0.1) is 12.4 Å². The van der Waals surface area contributed by atoms with Crippen molar-refractivity contribution < 1.29 is 4.39 Å². The van der Waals surface area contributed by atoms with Crippen LogP contribution in [0.3, 0.4) is 0 Å². The van der Waals surface area contributed by atoms with Crippen molar-refractivity contribution in [2.75, 3.05) is 25.5 Å². The zero-order chi connectivity index (χ0) is 20.8. The van der Waals surface area contributed by atoms with E-state index in [4.69, 9.17) is 5.73 Å². The second kappa shape index (κ2) is 10.5. The van der Waals surface area contributed by atoms with Crippen LogP contribution in [0.15, 0.2) is 65.5 Å². The first-order valence-electron chi connectivity index (χ1n) is 9.07. The molecule has 0 atom stereocenters. The van der Waals surface area contributed by atoms with Crippen molar-refractivity contribution >= 4 is 30.2 Å². The van der Waals surface area contributed by atoms with Crippen molar-refractivity contribution in [1.82, 2.24) is 19.3 Å². The molecule has 3 rings (SSSR count). The Bertz CT molecular complexity index is 1090. The van der Waals surface area contributed by atoms with Gasteiger partial charge in [0.05, 0.1) is 18.6 Å². The van der Waals surface area contributed by atoms with Gasteiger partial charge in [-0.2, -0.15) is 5.10 Å². The normalized spacial score (nSPS) is 11.5. The van der Waals surface area contributed by atoms with Crippen molar-refractivity contribution in [1.29, 1.82) is 0 Å². The van der Waals surface area contributed by atoms with E-state index in [9.17, 15) is 9.18 Å². The summed E-state index contributed by atoms with van der Waals surface area (Å²) in [6, 6.07) is 13.5. The molecule has 0 amide bonds. The fourth-order valence-electron chi connectivity index (χ4n) is 2.67. The van der Waals surface area contributed by atoms with Gasteiger partial charge < -0.3 is 10.6 Å². The SMILES string of the molecule is CN(C)c1ccc(/C=C/c2cccc(-n3cnn(C/C(=C/F)CN)c3=O)n2)cc1.Cl. The summed E-state index contributed by atoms with van der Waals surface area (Å²) in [5.41, 5.74) is 8.18. The van der Waals surface area contributed by atoms with Crippen LogP contribution in [-0.4, -0.2) is 40.0 Å². The van der Waals surface area contributed by atoms with Crippen LogP contribution in [0.1, 0.15) is 11.3 Å². The lowest BCUT2D eigenvalue weighted by molar-refractivity contribution is 0.612. The number of halogens is 2. The largest absolute Gasteiger partial charge is 0.378 e. The first kappa shape index (κ1) is 23.1. The number of nitrogens with zero attached hydrogens (tertiary/aromatic N) is 5.